The molecule has 0 heterocycles. The summed E-state index contributed by atoms with van der Waals surface area (Å²) in [5.41, 5.74) is 0.334. The van der Waals surface area contributed by atoms with Crippen molar-refractivity contribution in [2.45, 2.75) is 25.2 Å². The SMILES string of the molecule is O=C1/C(=C\c2ccc(C(F)(F)F)cc2)CC/C1=C\c1ccc(C(F)(F)F)cc1. The van der Waals surface area contributed by atoms with Crippen molar-refractivity contribution >= 4 is 17.9 Å². The summed E-state index contributed by atoms with van der Waals surface area (Å²) in [5, 5.41) is 0. The second kappa shape index (κ2) is 7.30. The first-order valence-electron chi connectivity index (χ1n) is 8.34. The van der Waals surface area contributed by atoms with E-state index in [0.717, 1.165) is 24.3 Å². The number of allylic oxidation sites excluding steroid dienone is 2. The lowest BCUT2D eigenvalue weighted by Gasteiger charge is -2.06. The topological polar surface area (TPSA) is 17.1 Å². The number of benzene rings is 2. The minimum Gasteiger partial charge on any atom is -0.289 e. The zero-order valence-corrected chi connectivity index (χ0v) is 14.4. The minimum atomic E-state index is -4.42. The van der Waals surface area contributed by atoms with Crippen molar-refractivity contribution in [2.24, 2.45) is 0 Å². The van der Waals surface area contributed by atoms with E-state index in [-0.39, 0.29) is 5.78 Å². The third kappa shape index (κ3) is 4.52. The van der Waals surface area contributed by atoms with Crippen LogP contribution in [-0.4, -0.2) is 5.78 Å². The van der Waals surface area contributed by atoms with E-state index in [2.05, 4.69) is 0 Å². The van der Waals surface area contributed by atoms with Gasteiger partial charge >= 0.3 is 12.4 Å². The smallest absolute Gasteiger partial charge is 0.289 e. The molecule has 0 N–H and O–H groups in total. The van der Waals surface area contributed by atoms with Crippen LogP contribution in [0.15, 0.2) is 59.7 Å². The second-order valence-electron chi connectivity index (χ2n) is 6.41. The largest absolute Gasteiger partial charge is 0.416 e. The summed E-state index contributed by atoms with van der Waals surface area (Å²) in [6.07, 6.45) is -4.93. The lowest BCUT2D eigenvalue weighted by atomic mass is 10.0. The Kier molecular flexibility index (Phi) is 5.19. The number of halogens is 6. The Hall–Kier alpha value is -2.83. The first-order valence-corrected chi connectivity index (χ1v) is 8.34. The molecule has 7 heteroatoms. The van der Waals surface area contributed by atoms with Crippen LogP contribution in [0.1, 0.15) is 35.1 Å². The molecule has 0 aromatic heterocycles. The van der Waals surface area contributed by atoms with E-state index in [1.165, 1.54) is 36.4 Å². The van der Waals surface area contributed by atoms with Gasteiger partial charge in [-0.3, -0.25) is 4.79 Å². The maximum Gasteiger partial charge on any atom is 0.416 e. The van der Waals surface area contributed by atoms with Crippen LogP contribution in [0.5, 0.6) is 0 Å². The van der Waals surface area contributed by atoms with E-state index in [9.17, 15) is 31.1 Å². The van der Waals surface area contributed by atoms with Crippen molar-refractivity contribution in [3.05, 3.63) is 81.9 Å². The monoisotopic (exact) mass is 396 g/mol. The van der Waals surface area contributed by atoms with E-state index in [1.807, 2.05) is 0 Å². The molecule has 3 rings (SSSR count). The van der Waals surface area contributed by atoms with Crippen LogP contribution in [0.2, 0.25) is 0 Å². The summed E-state index contributed by atoms with van der Waals surface area (Å²) < 4.78 is 75.6. The summed E-state index contributed by atoms with van der Waals surface area (Å²) in [7, 11) is 0. The average Bonchev–Trinajstić information content (AvgIpc) is 2.94. The number of hydrogen-bond acceptors (Lipinski definition) is 1. The molecular weight excluding hydrogens is 382 g/mol. The van der Waals surface area contributed by atoms with E-state index >= 15 is 0 Å². The Morgan fingerprint density at radius 1 is 0.607 bits per heavy atom. The standard InChI is InChI=1S/C21H14F6O/c22-20(23,24)17-7-1-13(2-8-17)11-15-5-6-16(19(15)28)12-14-3-9-18(10-4-14)21(25,26)27/h1-4,7-12H,5-6H2/b15-11-,16-12+. The van der Waals surface area contributed by atoms with Crippen molar-refractivity contribution in [1.82, 2.24) is 0 Å². The van der Waals surface area contributed by atoms with Crippen LogP contribution < -0.4 is 0 Å². The van der Waals surface area contributed by atoms with Crippen molar-refractivity contribution in [2.75, 3.05) is 0 Å². The molecule has 0 amide bonds. The van der Waals surface area contributed by atoms with Gasteiger partial charge < -0.3 is 0 Å². The molecule has 1 fully saturated rings. The number of carbonyl (C=O) groups is 1. The van der Waals surface area contributed by atoms with Gasteiger partial charge in [-0.25, -0.2) is 0 Å². The number of ketones is 1. The highest BCUT2D eigenvalue weighted by atomic mass is 19.4. The summed E-state index contributed by atoms with van der Waals surface area (Å²) in [6.45, 7) is 0. The number of carbonyl (C=O) groups excluding carboxylic acids is 1. The third-order valence-corrected chi connectivity index (χ3v) is 4.40. The molecule has 28 heavy (non-hydrogen) atoms. The molecular formula is C21H14F6O. The van der Waals surface area contributed by atoms with Crippen molar-refractivity contribution in [1.29, 1.82) is 0 Å². The molecule has 0 saturated heterocycles. The van der Waals surface area contributed by atoms with Gasteiger partial charge in [0.15, 0.2) is 5.78 Å². The van der Waals surface area contributed by atoms with Gasteiger partial charge in [0.1, 0.15) is 0 Å². The highest BCUT2D eigenvalue weighted by Crippen LogP contribution is 2.33. The summed E-state index contributed by atoms with van der Waals surface area (Å²) in [6, 6.07) is 8.97. The van der Waals surface area contributed by atoms with E-state index in [1.54, 1.807) is 0 Å². The third-order valence-electron chi connectivity index (χ3n) is 4.40. The van der Waals surface area contributed by atoms with Crippen LogP contribution in [0.4, 0.5) is 26.3 Å². The van der Waals surface area contributed by atoms with Crippen molar-refractivity contribution in [3.8, 4) is 0 Å². The molecule has 1 saturated carbocycles. The fourth-order valence-corrected chi connectivity index (χ4v) is 2.92. The number of alkyl halides is 6. The van der Waals surface area contributed by atoms with Crippen molar-refractivity contribution < 1.29 is 31.1 Å². The zero-order valence-electron chi connectivity index (χ0n) is 14.4. The van der Waals surface area contributed by atoms with Gasteiger partial charge in [-0.2, -0.15) is 26.3 Å². The van der Waals surface area contributed by atoms with Crippen LogP contribution in [-0.2, 0) is 17.1 Å². The summed E-state index contributed by atoms with van der Waals surface area (Å²) >= 11 is 0. The number of hydrogen-bond donors (Lipinski definition) is 0. The molecule has 0 radical (unpaired) electrons. The fraction of sp³-hybridized carbons (Fsp3) is 0.190. The highest BCUT2D eigenvalue weighted by Gasteiger charge is 2.31. The number of Topliss-reactive ketones (excluding diaryl/α,β-unsaturated/α-hetero) is 1. The maximum absolute atomic E-state index is 12.6. The van der Waals surface area contributed by atoms with Gasteiger partial charge in [0.2, 0.25) is 0 Å². The van der Waals surface area contributed by atoms with Gasteiger partial charge in [-0.05, 0) is 60.4 Å². The van der Waals surface area contributed by atoms with Crippen LogP contribution in [0.25, 0.3) is 12.2 Å². The molecule has 146 valence electrons. The van der Waals surface area contributed by atoms with Gasteiger partial charge in [0.25, 0.3) is 0 Å². The van der Waals surface area contributed by atoms with Gasteiger partial charge in [-0.15, -0.1) is 0 Å². The summed E-state index contributed by atoms with van der Waals surface area (Å²) in [5.74, 6) is -0.250. The Bertz CT molecular complexity index is 851. The predicted molar refractivity (Wildman–Crippen MR) is 93.1 cm³/mol. The van der Waals surface area contributed by atoms with Gasteiger partial charge in [0, 0.05) is 11.1 Å². The van der Waals surface area contributed by atoms with E-state index in [4.69, 9.17) is 0 Å². The lowest BCUT2D eigenvalue weighted by Crippen LogP contribution is -2.04. The molecule has 0 unspecified atom stereocenters. The molecule has 0 bridgehead atoms. The Morgan fingerprint density at radius 2 is 0.929 bits per heavy atom. The number of rotatable bonds is 2. The van der Waals surface area contributed by atoms with Crippen LogP contribution >= 0.6 is 0 Å². The first-order chi connectivity index (χ1) is 13.0. The van der Waals surface area contributed by atoms with Crippen LogP contribution in [0.3, 0.4) is 0 Å². The quantitative estimate of drug-likeness (QED) is 0.415. The molecule has 1 nitrogen and oxygen atoms in total. The normalized spacial score (nSPS) is 18.3. The maximum atomic E-state index is 12.6. The molecule has 0 aliphatic heterocycles. The molecule has 1 aliphatic rings. The first kappa shape index (κ1) is 19.9. The predicted octanol–water partition coefficient (Wildman–Crippen LogP) is 6.55. The Morgan fingerprint density at radius 3 is 1.21 bits per heavy atom. The van der Waals surface area contributed by atoms with Crippen LogP contribution in [0, 0.1) is 0 Å². The van der Waals surface area contributed by atoms with Crippen molar-refractivity contribution in [3.63, 3.8) is 0 Å². The van der Waals surface area contributed by atoms with Gasteiger partial charge in [-0.1, -0.05) is 24.3 Å². The highest BCUT2D eigenvalue weighted by molar-refractivity contribution is 6.15. The molecule has 2 aromatic carbocycles. The molecule has 0 atom stereocenters. The Labute approximate surface area is 157 Å². The van der Waals surface area contributed by atoms with E-state index in [0.29, 0.717) is 35.1 Å². The second-order valence-corrected chi connectivity index (χ2v) is 6.41. The van der Waals surface area contributed by atoms with E-state index < -0.39 is 23.5 Å². The fourth-order valence-electron chi connectivity index (χ4n) is 2.92. The average molecular weight is 396 g/mol. The molecule has 0 spiro atoms. The summed E-state index contributed by atoms with van der Waals surface area (Å²) in [4.78, 5) is 12.5. The Balaban J connectivity index is 1.77. The zero-order chi connectivity index (χ0) is 20.5. The molecule has 1 aliphatic carbocycles. The minimum absolute atomic E-state index is 0.250. The van der Waals surface area contributed by atoms with Gasteiger partial charge in [0.05, 0.1) is 11.1 Å². The lowest BCUT2D eigenvalue weighted by molar-refractivity contribution is -0.138. The molecule has 2 aromatic rings.